The van der Waals surface area contributed by atoms with Gasteiger partial charge in [0.05, 0.1) is 5.56 Å². The van der Waals surface area contributed by atoms with Gasteiger partial charge < -0.3 is 10.1 Å². The van der Waals surface area contributed by atoms with E-state index in [1.165, 1.54) is 16.3 Å². The molecule has 0 spiro atoms. The van der Waals surface area contributed by atoms with Crippen LogP contribution < -0.4 is 0 Å². The van der Waals surface area contributed by atoms with Crippen LogP contribution in [0.3, 0.4) is 0 Å². The molecule has 3 nitrogen and oxygen atoms in total. The summed E-state index contributed by atoms with van der Waals surface area (Å²) in [7, 11) is 0. The van der Waals surface area contributed by atoms with Gasteiger partial charge in [-0.3, -0.25) is 0 Å². The molecule has 124 valence electrons. The number of aromatic carboxylic acids is 1. The van der Waals surface area contributed by atoms with E-state index in [9.17, 15) is 9.90 Å². The van der Waals surface area contributed by atoms with Crippen LogP contribution in [-0.4, -0.2) is 16.1 Å². The first-order valence-electron chi connectivity index (χ1n) is 8.05. The van der Waals surface area contributed by atoms with Crippen molar-refractivity contribution < 1.29 is 9.90 Å². The number of hydrogen-bond donors (Lipinski definition) is 2. The van der Waals surface area contributed by atoms with E-state index in [1.807, 2.05) is 25.1 Å². The monoisotopic (exact) mass is 393 g/mol. The van der Waals surface area contributed by atoms with Gasteiger partial charge in [0.15, 0.2) is 0 Å². The van der Waals surface area contributed by atoms with E-state index in [0.29, 0.717) is 5.56 Å². The number of fused-ring (bicyclic) bond motifs is 2. The number of aromatic amines is 1. The molecule has 2 N–H and O–H groups in total. The molecule has 0 atom stereocenters. The van der Waals surface area contributed by atoms with Crippen molar-refractivity contribution in [2.24, 2.45) is 0 Å². The van der Waals surface area contributed by atoms with Crippen molar-refractivity contribution in [3.63, 3.8) is 0 Å². The van der Waals surface area contributed by atoms with Crippen molar-refractivity contribution in [3.8, 4) is 0 Å². The van der Waals surface area contributed by atoms with E-state index >= 15 is 0 Å². The molecule has 0 aliphatic carbocycles. The molecule has 1 aromatic heterocycles. The molecule has 4 rings (SSSR count). The van der Waals surface area contributed by atoms with E-state index < -0.39 is 5.97 Å². The van der Waals surface area contributed by atoms with Crippen LogP contribution in [0.1, 0.15) is 27.2 Å². The molecular formula is C21H16BrNO2. The molecule has 0 aliphatic rings. The number of rotatable bonds is 3. The first kappa shape index (κ1) is 15.9. The van der Waals surface area contributed by atoms with Crippen molar-refractivity contribution in [2.75, 3.05) is 0 Å². The van der Waals surface area contributed by atoms with Crippen LogP contribution in [0.25, 0.3) is 21.7 Å². The van der Waals surface area contributed by atoms with Crippen molar-refractivity contribution in [3.05, 3.63) is 81.5 Å². The van der Waals surface area contributed by atoms with Gasteiger partial charge in [-0.1, -0.05) is 36.4 Å². The first-order valence-corrected chi connectivity index (χ1v) is 8.84. The summed E-state index contributed by atoms with van der Waals surface area (Å²) in [4.78, 5) is 14.7. The number of aromatic nitrogens is 1. The molecule has 1 heterocycles. The maximum Gasteiger partial charge on any atom is 0.335 e. The van der Waals surface area contributed by atoms with Gasteiger partial charge in [-0.25, -0.2) is 4.79 Å². The van der Waals surface area contributed by atoms with Gasteiger partial charge in [-0.05, 0) is 63.0 Å². The summed E-state index contributed by atoms with van der Waals surface area (Å²) in [6.45, 7) is 2.03. The first-order chi connectivity index (χ1) is 12.0. The molecule has 0 amide bonds. The fourth-order valence-corrected chi connectivity index (χ4v) is 3.98. The summed E-state index contributed by atoms with van der Waals surface area (Å²) in [5.41, 5.74) is 4.66. The van der Waals surface area contributed by atoms with Gasteiger partial charge in [-0.15, -0.1) is 0 Å². The molecule has 4 heteroatoms. The lowest BCUT2D eigenvalue weighted by Crippen LogP contribution is -1.96. The second kappa shape index (κ2) is 6.05. The second-order valence-corrected chi connectivity index (χ2v) is 7.02. The number of carboxylic acid groups (broad SMARTS) is 1. The lowest BCUT2D eigenvalue weighted by Gasteiger charge is -2.09. The predicted octanol–water partition coefficient (Wildman–Crippen LogP) is 5.68. The number of benzene rings is 3. The second-order valence-electron chi connectivity index (χ2n) is 6.23. The van der Waals surface area contributed by atoms with Crippen molar-refractivity contribution >= 4 is 43.6 Å². The zero-order valence-electron chi connectivity index (χ0n) is 13.6. The topological polar surface area (TPSA) is 53.1 Å². The Morgan fingerprint density at radius 2 is 1.88 bits per heavy atom. The maximum atomic E-state index is 11.3. The Morgan fingerprint density at radius 3 is 2.68 bits per heavy atom. The van der Waals surface area contributed by atoms with Crippen molar-refractivity contribution in [2.45, 2.75) is 13.3 Å². The zero-order chi connectivity index (χ0) is 17.6. The minimum Gasteiger partial charge on any atom is -0.478 e. The predicted molar refractivity (Wildman–Crippen MR) is 104 cm³/mol. The smallest absolute Gasteiger partial charge is 0.335 e. The minimum atomic E-state index is -0.904. The largest absolute Gasteiger partial charge is 0.478 e. The van der Waals surface area contributed by atoms with E-state index in [4.69, 9.17) is 0 Å². The van der Waals surface area contributed by atoms with Crippen LogP contribution in [-0.2, 0) is 6.42 Å². The van der Waals surface area contributed by atoms with Gasteiger partial charge in [0.2, 0.25) is 0 Å². The summed E-state index contributed by atoms with van der Waals surface area (Å²) < 4.78 is 1.09. The Balaban J connectivity index is 1.85. The summed E-state index contributed by atoms with van der Waals surface area (Å²) in [6, 6.07) is 17.8. The molecule has 0 radical (unpaired) electrons. The molecule has 0 saturated heterocycles. The Kier molecular flexibility index (Phi) is 3.85. The molecule has 0 aliphatic heterocycles. The summed E-state index contributed by atoms with van der Waals surface area (Å²) in [5, 5.41) is 12.6. The van der Waals surface area contributed by atoms with Crippen molar-refractivity contribution in [1.29, 1.82) is 0 Å². The van der Waals surface area contributed by atoms with Gasteiger partial charge in [-0.2, -0.15) is 0 Å². The fraction of sp³-hybridized carbons (Fsp3) is 0.0952. The lowest BCUT2D eigenvalue weighted by atomic mass is 9.98. The van der Waals surface area contributed by atoms with Crippen LogP contribution in [0.2, 0.25) is 0 Å². The molecule has 0 unspecified atom stereocenters. The third-order valence-electron chi connectivity index (χ3n) is 4.68. The Morgan fingerprint density at radius 1 is 1.08 bits per heavy atom. The average Bonchev–Trinajstić information content (AvgIpc) is 2.92. The standard InChI is InChI=1S/C21H16BrNO2/c1-12-17(18-11-15(21(24)25)8-9-19(18)23-12)10-14-7-6-13-4-2-3-5-16(13)20(14)22/h2-9,11,23H,10H2,1H3,(H,24,25). The maximum absolute atomic E-state index is 11.3. The Labute approximate surface area is 153 Å². The molecule has 0 bridgehead atoms. The van der Waals surface area contributed by atoms with Gasteiger partial charge in [0.1, 0.15) is 0 Å². The number of H-pyrrole nitrogens is 1. The third-order valence-corrected chi connectivity index (χ3v) is 5.61. The molecular weight excluding hydrogens is 378 g/mol. The number of nitrogens with one attached hydrogen (secondary N) is 1. The fourth-order valence-electron chi connectivity index (χ4n) is 3.35. The molecule has 25 heavy (non-hydrogen) atoms. The van der Waals surface area contributed by atoms with Crippen LogP contribution in [0.15, 0.2) is 59.1 Å². The summed E-state index contributed by atoms with van der Waals surface area (Å²) >= 11 is 3.75. The van der Waals surface area contributed by atoms with Crippen LogP contribution in [0.5, 0.6) is 0 Å². The highest BCUT2D eigenvalue weighted by molar-refractivity contribution is 9.10. The molecule has 0 fully saturated rings. The Hall–Kier alpha value is -2.59. The summed E-state index contributed by atoms with van der Waals surface area (Å²) in [6.07, 6.45) is 0.736. The SMILES string of the molecule is Cc1[nH]c2ccc(C(=O)O)cc2c1Cc1ccc2ccccc2c1Br. The highest BCUT2D eigenvalue weighted by atomic mass is 79.9. The minimum absolute atomic E-state index is 0.310. The van der Waals surface area contributed by atoms with E-state index in [1.54, 1.807) is 12.1 Å². The Bertz CT molecular complexity index is 1130. The number of hydrogen-bond acceptors (Lipinski definition) is 1. The average molecular weight is 394 g/mol. The van der Waals surface area contributed by atoms with E-state index in [0.717, 1.165) is 33.1 Å². The third kappa shape index (κ3) is 2.72. The number of aryl methyl sites for hydroxylation is 1. The lowest BCUT2D eigenvalue weighted by molar-refractivity contribution is 0.0697. The normalized spacial score (nSPS) is 11.3. The molecule has 0 saturated carbocycles. The highest BCUT2D eigenvalue weighted by Crippen LogP contribution is 2.32. The van der Waals surface area contributed by atoms with E-state index in [2.05, 4.69) is 45.2 Å². The van der Waals surface area contributed by atoms with Gasteiger partial charge >= 0.3 is 5.97 Å². The zero-order valence-corrected chi connectivity index (χ0v) is 15.2. The molecule has 3 aromatic carbocycles. The van der Waals surface area contributed by atoms with Crippen molar-refractivity contribution in [1.82, 2.24) is 4.98 Å². The van der Waals surface area contributed by atoms with Crippen LogP contribution >= 0.6 is 15.9 Å². The summed E-state index contributed by atoms with van der Waals surface area (Å²) in [5.74, 6) is -0.904. The van der Waals surface area contributed by atoms with Crippen LogP contribution in [0.4, 0.5) is 0 Å². The van der Waals surface area contributed by atoms with Crippen LogP contribution in [0, 0.1) is 6.92 Å². The van der Waals surface area contributed by atoms with E-state index in [-0.39, 0.29) is 0 Å². The quantitative estimate of drug-likeness (QED) is 0.470. The molecule has 4 aromatic rings. The number of carboxylic acids is 1. The highest BCUT2D eigenvalue weighted by Gasteiger charge is 2.14. The number of halogens is 1. The number of carbonyl (C=O) groups is 1. The van der Waals surface area contributed by atoms with Gasteiger partial charge in [0, 0.05) is 27.5 Å². The van der Waals surface area contributed by atoms with Gasteiger partial charge in [0.25, 0.3) is 0 Å².